The van der Waals surface area contributed by atoms with Crippen molar-refractivity contribution in [1.82, 2.24) is 20.1 Å². The number of alkyl carbamates (subject to hydrolysis) is 1. The second-order valence-electron chi connectivity index (χ2n) is 13.8. The zero-order valence-corrected chi connectivity index (χ0v) is 26.9. The van der Waals surface area contributed by atoms with Gasteiger partial charge in [-0.3, -0.25) is 9.59 Å². The van der Waals surface area contributed by atoms with E-state index in [2.05, 4.69) is 29.0 Å². The third kappa shape index (κ3) is 7.12. The third-order valence-corrected chi connectivity index (χ3v) is 8.83. The van der Waals surface area contributed by atoms with Gasteiger partial charge in [0, 0.05) is 29.8 Å². The van der Waals surface area contributed by atoms with Crippen molar-refractivity contribution >= 4 is 34.8 Å². The maximum atomic E-state index is 14.2. The fraction of sp³-hybridized carbons (Fsp3) is 0.588. The zero-order valence-electron chi connectivity index (χ0n) is 26.9. The molecule has 0 bridgehead atoms. The van der Waals surface area contributed by atoms with E-state index in [0.717, 1.165) is 30.2 Å². The predicted molar refractivity (Wildman–Crippen MR) is 169 cm³/mol. The molecule has 1 aromatic heterocycles. The summed E-state index contributed by atoms with van der Waals surface area (Å²) < 4.78 is 14.1. The van der Waals surface area contributed by atoms with Crippen LogP contribution in [0.5, 0.6) is 5.88 Å². The Morgan fingerprint density at radius 3 is 2.60 bits per heavy atom. The molecule has 3 heterocycles. The van der Waals surface area contributed by atoms with Crippen LogP contribution in [0.4, 0.5) is 4.79 Å². The Hall–Kier alpha value is -4.02. The first-order valence-electron chi connectivity index (χ1n) is 16.1. The number of para-hydroxylation sites is 1. The van der Waals surface area contributed by atoms with Crippen molar-refractivity contribution in [3.63, 3.8) is 0 Å². The van der Waals surface area contributed by atoms with Gasteiger partial charge in [-0.15, -0.1) is 0 Å². The molecule has 2 aliphatic heterocycles. The summed E-state index contributed by atoms with van der Waals surface area (Å²) in [6.45, 7) is 9.48. The number of fused-ring (bicyclic) bond motifs is 3. The quantitative estimate of drug-likeness (QED) is 0.401. The molecule has 1 saturated carbocycles. The van der Waals surface area contributed by atoms with Gasteiger partial charge in [0.15, 0.2) is 5.88 Å². The van der Waals surface area contributed by atoms with Crippen LogP contribution in [0.3, 0.4) is 0 Å². The summed E-state index contributed by atoms with van der Waals surface area (Å²) in [6, 6.07) is 8.12. The third-order valence-electron chi connectivity index (χ3n) is 8.83. The molecular weight excluding hydrogens is 576 g/mol. The molecule has 5 atom stereocenters. The fourth-order valence-electron chi connectivity index (χ4n) is 6.54. The van der Waals surface area contributed by atoms with Crippen molar-refractivity contribution < 1.29 is 33.8 Å². The number of nitrogens with zero attached hydrogens (tertiary/aromatic N) is 2. The number of hydrogen-bond donors (Lipinski definition) is 3. The van der Waals surface area contributed by atoms with Gasteiger partial charge in [-0.2, -0.15) is 0 Å². The first-order valence-corrected chi connectivity index (χ1v) is 16.1. The number of amides is 3. The molecule has 0 unspecified atom stereocenters. The molecule has 5 rings (SSSR count). The Morgan fingerprint density at radius 2 is 1.89 bits per heavy atom. The van der Waals surface area contributed by atoms with E-state index in [4.69, 9.17) is 9.47 Å². The first-order chi connectivity index (χ1) is 21.3. The topological polar surface area (TPSA) is 139 Å². The second-order valence-corrected chi connectivity index (χ2v) is 13.8. The Labute approximate surface area is 264 Å². The Morgan fingerprint density at radius 1 is 1.13 bits per heavy atom. The number of hydrogen-bond acceptors (Lipinski definition) is 6. The smallest absolute Gasteiger partial charge is 0.408 e. The van der Waals surface area contributed by atoms with Gasteiger partial charge in [-0.05, 0) is 66.4 Å². The lowest BCUT2D eigenvalue weighted by molar-refractivity contribution is -0.145. The molecular formula is C34H46N4O7. The highest BCUT2D eigenvalue weighted by Crippen LogP contribution is 2.45. The first kappa shape index (κ1) is 32.4. The summed E-state index contributed by atoms with van der Waals surface area (Å²) in [5, 5.41) is 16.7. The molecule has 11 heteroatoms. The lowest BCUT2D eigenvalue weighted by Crippen LogP contribution is -2.56. The van der Waals surface area contributed by atoms with Crippen molar-refractivity contribution in [2.75, 3.05) is 6.54 Å². The van der Waals surface area contributed by atoms with Gasteiger partial charge in [0.05, 0.1) is 12.1 Å². The van der Waals surface area contributed by atoms with E-state index < -0.39 is 53.2 Å². The average molecular weight is 623 g/mol. The van der Waals surface area contributed by atoms with Gasteiger partial charge in [0.2, 0.25) is 11.8 Å². The molecule has 1 saturated heterocycles. The van der Waals surface area contributed by atoms with Gasteiger partial charge in [-0.25, -0.2) is 9.59 Å². The van der Waals surface area contributed by atoms with Crippen LogP contribution < -0.4 is 15.4 Å². The van der Waals surface area contributed by atoms with Crippen molar-refractivity contribution in [3.05, 3.63) is 42.5 Å². The number of aromatic nitrogens is 1. The molecule has 3 N–H and O–H groups in total. The number of allylic oxidation sites excluding steroid dienone is 1. The van der Waals surface area contributed by atoms with Gasteiger partial charge >= 0.3 is 12.1 Å². The summed E-state index contributed by atoms with van der Waals surface area (Å²) in [5.74, 6) is -1.73. The van der Waals surface area contributed by atoms with Gasteiger partial charge < -0.3 is 34.7 Å². The molecule has 45 heavy (non-hydrogen) atoms. The summed E-state index contributed by atoms with van der Waals surface area (Å²) in [7, 11) is 0. The Balaban J connectivity index is 1.45. The molecule has 0 radical (unpaired) electrons. The highest BCUT2D eigenvalue weighted by Gasteiger charge is 2.61. The average Bonchev–Trinajstić information content (AvgIpc) is 3.29. The van der Waals surface area contributed by atoms with Crippen LogP contribution >= 0.6 is 0 Å². The highest BCUT2D eigenvalue weighted by molar-refractivity contribution is 5.96. The number of aliphatic carboxylic acids is 1. The minimum Gasteiger partial charge on any atom is -0.479 e. The van der Waals surface area contributed by atoms with E-state index in [1.807, 2.05) is 42.5 Å². The lowest BCUT2D eigenvalue weighted by atomic mass is 10.0. The largest absolute Gasteiger partial charge is 0.479 e. The maximum absolute atomic E-state index is 14.2. The van der Waals surface area contributed by atoms with E-state index in [-0.39, 0.29) is 24.9 Å². The standard InChI is InChI=1S/C34H46N4O7/c1-21(2)38-26-16-12-11-13-22(26)17-28(38)44-24-18-27-29(39)36-34(31(41)42)19-23(34)14-9-7-6-8-10-15-25(30(40)37(27)20-24)35-32(43)45-33(3,4)5/h9,11-14,16-17,21,23-25,27H,6-8,10,15,18-20H2,1-5H3,(H,35,43)(H,36,39)(H,41,42)/b14-9-/t23-,24-,25+,27+,34-/m1/s1. The van der Waals surface area contributed by atoms with Crippen LogP contribution in [-0.4, -0.2) is 74.3 Å². The molecule has 11 nitrogen and oxygen atoms in total. The number of ether oxygens (including phenoxy) is 2. The number of carbonyl (C=O) groups excluding carboxylic acids is 3. The zero-order chi connectivity index (χ0) is 32.5. The van der Waals surface area contributed by atoms with Crippen LogP contribution in [0, 0.1) is 5.92 Å². The molecule has 3 amide bonds. The van der Waals surface area contributed by atoms with E-state index >= 15 is 0 Å². The minimum absolute atomic E-state index is 0.0920. The molecule has 0 spiro atoms. The van der Waals surface area contributed by atoms with E-state index in [1.54, 1.807) is 20.8 Å². The van der Waals surface area contributed by atoms with Crippen molar-refractivity contribution in [2.45, 2.75) is 115 Å². The normalized spacial score (nSPS) is 28.4. The minimum atomic E-state index is -1.40. The Bertz CT molecular complexity index is 1470. The second kappa shape index (κ2) is 12.8. The molecule has 3 aliphatic rings. The molecule has 1 aromatic carbocycles. The SMILES string of the molecule is CC(C)n1c(O[C@@H]2C[C@H]3C(=O)N[C@]4(C(=O)O)C[C@H]4/C=C\CCCCC[C@H](NC(=O)OC(C)(C)C)C(=O)N3C2)cc2ccccc21. The van der Waals surface area contributed by atoms with Crippen molar-refractivity contribution in [2.24, 2.45) is 5.92 Å². The van der Waals surface area contributed by atoms with Crippen LogP contribution in [0.2, 0.25) is 0 Å². The monoisotopic (exact) mass is 622 g/mol. The molecule has 244 valence electrons. The number of rotatable bonds is 5. The fourth-order valence-corrected chi connectivity index (χ4v) is 6.54. The van der Waals surface area contributed by atoms with Crippen molar-refractivity contribution in [3.8, 4) is 5.88 Å². The number of carboxylic acids is 1. The van der Waals surface area contributed by atoms with Gasteiger partial charge in [-0.1, -0.05) is 43.2 Å². The summed E-state index contributed by atoms with van der Waals surface area (Å²) in [5.41, 5.74) is -1.14. The van der Waals surface area contributed by atoms with Crippen LogP contribution in [0.15, 0.2) is 42.5 Å². The number of carboxylic acid groups (broad SMARTS) is 1. The van der Waals surface area contributed by atoms with E-state index in [9.17, 15) is 24.3 Å². The maximum Gasteiger partial charge on any atom is 0.408 e. The van der Waals surface area contributed by atoms with Crippen LogP contribution in [0.1, 0.15) is 85.6 Å². The van der Waals surface area contributed by atoms with Crippen molar-refractivity contribution in [1.29, 1.82) is 0 Å². The number of carbonyl (C=O) groups is 4. The highest BCUT2D eigenvalue weighted by atomic mass is 16.6. The number of benzene rings is 1. The van der Waals surface area contributed by atoms with Crippen LogP contribution in [-0.2, 0) is 19.1 Å². The van der Waals surface area contributed by atoms with Gasteiger partial charge in [0.1, 0.15) is 29.3 Å². The molecule has 1 aliphatic carbocycles. The van der Waals surface area contributed by atoms with Crippen LogP contribution in [0.25, 0.3) is 10.9 Å². The molecule has 2 aromatic rings. The summed E-state index contributed by atoms with van der Waals surface area (Å²) in [6.07, 6.45) is 6.58. The lowest BCUT2D eigenvalue weighted by Gasteiger charge is -2.30. The van der Waals surface area contributed by atoms with E-state index in [1.165, 1.54) is 4.90 Å². The van der Waals surface area contributed by atoms with Gasteiger partial charge in [0.25, 0.3) is 0 Å². The van der Waals surface area contributed by atoms with E-state index in [0.29, 0.717) is 25.1 Å². The Kier molecular flexibility index (Phi) is 9.19. The number of nitrogens with one attached hydrogen (secondary N) is 2. The summed E-state index contributed by atoms with van der Waals surface area (Å²) >= 11 is 0. The predicted octanol–water partition coefficient (Wildman–Crippen LogP) is 4.94. The molecule has 2 fully saturated rings. The summed E-state index contributed by atoms with van der Waals surface area (Å²) in [4.78, 5) is 54.8.